The highest BCUT2D eigenvalue weighted by Crippen LogP contribution is 2.25. The molecule has 1 aromatic carbocycles. The van der Waals surface area contributed by atoms with Crippen molar-refractivity contribution >= 4 is 0 Å². The molecule has 0 saturated heterocycles. The number of aryl methyl sites for hydroxylation is 2. The van der Waals surface area contributed by atoms with Crippen LogP contribution in [0.4, 0.5) is 0 Å². The van der Waals surface area contributed by atoms with Gasteiger partial charge in [-0.25, -0.2) is 0 Å². The van der Waals surface area contributed by atoms with Crippen molar-refractivity contribution in [3.63, 3.8) is 0 Å². The van der Waals surface area contributed by atoms with Crippen molar-refractivity contribution in [2.24, 2.45) is 0 Å². The summed E-state index contributed by atoms with van der Waals surface area (Å²) in [5.74, 6) is 1.85. The first kappa shape index (κ1) is 14.2. The molecule has 98 valence electrons. The van der Waals surface area contributed by atoms with E-state index in [2.05, 4.69) is 10.1 Å². The lowest BCUT2D eigenvalue weighted by Gasteiger charge is -2.08. The van der Waals surface area contributed by atoms with E-state index in [0.717, 1.165) is 16.9 Å². The molecule has 0 aliphatic heterocycles. The largest absolute Gasteiger partial charge is 0.467 e. The van der Waals surface area contributed by atoms with Crippen LogP contribution in [0.2, 0.25) is 0 Å². The van der Waals surface area contributed by atoms with Crippen molar-refractivity contribution in [1.82, 2.24) is 10.1 Å². The fourth-order valence-electron chi connectivity index (χ4n) is 1.43. The highest BCUT2D eigenvalue weighted by molar-refractivity contribution is 5.57. The molecule has 0 N–H and O–H groups in total. The van der Waals surface area contributed by atoms with Gasteiger partial charge in [0.2, 0.25) is 0 Å². The van der Waals surface area contributed by atoms with E-state index in [4.69, 9.17) is 14.0 Å². The number of hydrogen-bond acceptors (Lipinski definition) is 5. The van der Waals surface area contributed by atoms with Gasteiger partial charge in [0.15, 0.2) is 12.6 Å². The van der Waals surface area contributed by atoms with Gasteiger partial charge < -0.3 is 14.0 Å². The molecule has 0 unspecified atom stereocenters. The average Bonchev–Trinajstić information content (AvgIpc) is 2.75. The van der Waals surface area contributed by atoms with Crippen LogP contribution in [0.3, 0.4) is 0 Å². The number of aromatic nitrogens is 2. The van der Waals surface area contributed by atoms with Crippen molar-refractivity contribution in [3.05, 3.63) is 29.6 Å². The molecule has 2 aromatic rings. The Morgan fingerprint density at radius 3 is 2.67 bits per heavy atom. The Labute approximate surface area is 107 Å². The van der Waals surface area contributed by atoms with E-state index >= 15 is 0 Å². The van der Waals surface area contributed by atoms with Gasteiger partial charge in [0.1, 0.15) is 5.75 Å². The Balaban J connectivity index is 0.00000162. The number of hydrogen-bond donors (Lipinski definition) is 0. The standard InChI is InChI=1S/C12H14N2O3.CH4/c1-8-4-5-10(6-11(8)16-7-15-3)12-13-9(2)14-17-12;/h4-6H,7H2,1-3H3;1H4. The first-order valence-corrected chi connectivity index (χ1v) is 5.24. The minimum absolute atomic E-state index is 0. The molecule has 1 aromatic heterocycles. The van der Waals surface area contributed by atoms with Gasteiger partial charge in [-0.2, -0.15) is 4.98 Å². The molecular formula is C13H18N2O3. The fourth-order valence-corrected chi connectivity index (χ4v) is 1.43. The normalized spacial score (nSPS) is 9.94. The molecule has 0 spiro atoms. The van der Waals surface area contributed by atoms with Gasteiger partial charge in [0.25, 0.3) is 5.89 Å². The van der Waals surface area contributed by atoms with Gasteiger partial charge in [0.05, 0.1) is 0 Å². The summed E-state index contributed by atoms with van der Waals surface area (Å²) in [5.41, 5.74) is 1.87. The van der Waals surface area contributed by atoms with E-state index in [1.807, 2.05) is 25.1 Å². The van der Waals surface area contributed by atoms with Crippen LogP contribution in [-0.4, -0.2) is 24.0 Å². The average molecular weight is 250 g/mol. The minimum atomic E-state index is 0. The van der Waals surface area contributed by atoms with Crippen molar-refractivity contribution in [2.75, 3.05) is 13.9 Å². The number of rotatable bonds is 4. The maximum absolute atomic E-state index is 5.44. The second-order valence-electron chi connectivity index (χ2n) is 3.68. The predicted molar refractivity (Wildman–Crippen MR) is 68.4 cm³/mol. The van der Waals surface area contributed by atoms with E-state index in [0.29, 0.717) is 11.7 Å². The smallest absolute Gasteiger partial charge is 0.258 e. The quantitative estimate of drug-likeness (QED) is 0.781. The van der Waals surface area contributed by atoms with Gasteiger partial charge in [-0.15, -0.1) is 0 Å². The Hall–Kier alpha value is -1.88. The van der Waals surface area contributed by atoms with Crippen LogP contribution in [0.25, 0.3) is 11.5 Å². The summed E-state index contributed by atoms with van der Waals surface area (Å²) < 4.78 is 15.4. The molecule has 2 rings (SSSR count). The summed E-state index contributed by atoms with van der Waals surface area (Å²) in [5, 5.41) is 3.76. The summed E-state index contributed by atoms with van der Waals surface area (Å²) in [6.07, 6.45) is 0. The third kappa shape index (κ3) is 3.07. The first-order chi connectivity index (χ1) is 8.20. The highest BCUT2D eigenvalue weighted by atomic mass is 16.7. The highest BCUT2D eigenvalue weighted by Gasteiger charge is 2.09. The van der Waals surface area contributed by atoms with E-state index in [9.17, 15) is 0 Å². The zero-order chi connectivity index (χ0) is 12.3. The molecule has 5 nitrogen and oxygen atoms in total. The Morgan fingerprint density at radius 2 is 2.06 bits per heavy atom. The van der Waals surface area contributed by atoms with Gasteiger partial charge in [-0.3, -0.25) is 0 Å². The maximum atomic E-state index is 5.44. The third-order valence-electron chi connectivity index (χ3n) is 2.29. The van der Waals surface area contributed by atoms with Gasteiger partial charge in [0, 0.05) is 12.7 Å². The lowest BCUT2D eigenvalue weighted by molar-refractivity contribution is 0.0506. The van der Waals surface area contributed by atoms with E-state index < -0.39 is 0 Å². The minimum Gasteiger partial charge on any atom is -0.467 e. The molecule has 0 aliphatic rings. The molecular weight excluding hydrogens is 232 g/mol. The zero-order valence-electron chi connectivity index (χ0n) is 10.1. The van der Waals surface area contributed by atoms with Crippen LogP contribution >= 0.6 is 0 Å². The Kier molecular flexibility index (Phi) is 4.85. The summed E-state index contributed by atoms with van der Waals surface area (Å²) in [7, 11) is 1.58. The second kappa shape index (κ2) is 6.16. The molecule has 0 atom stereocenters. The van der Waals surface area contributed by atoms with E-state index in [1.165, 1.54) is 0 Å². The van der Waals surface area contributed by atoms with Crippen LogP contribution in [0.5, 0.6) is 5.75 Å². The molecule has 1 heterocycles. The van der Waals surface area contributed by atoms with Crippen LogP contribution in [0.15, 0.2) is 22.7 Å². The van der Waals surface area contributed by atoms with E-state index in [1.54, 1.807) is 14.0 Å². The summed E-state index contributed by atoms with van der Waals surface area (Å²) in [6.45, 7) is 3.96. The van der Waals surface area contributed by atoms with Gasteiger partial charge in [-0.1, -0.05) is 18.6 Å². The molecule has 0 bridgehead atoms. The molecule has 0 radical (unpaired) electrons. The number of methoxy groups -OCH3 is 1. The SMILES string of the molecule is C.COCOc1cc(-c2nc(C)no2)ccc1C. The first-order valence-electron chi connectivity index (χ1n) is 5.24. The number of ether oxygens (including phenoxy) is 2. The van der Waals surface area contributed by atoms with Crippen LogP contribution in [-0.2, 0) is 4.74 Å². The molecule has 0 aliphatic carbocycles. The predicted octanol–water partition coefficient (Wildman–Crippen LogP) is 2.97. The summed E-state index contributed by atoms with van der Waals surface area (Å²) >= 11 is 0. The second-order valence-corrected chi connectivity index (χ2v) is 3.68. The molecule has 0 fully saturated rings. The summed E-state index contributed by atoms with van der Waals surface area (Å²) in [6, 6.07) is 5.73. The lowest BCUT2D eigenvalue weighted by Crippen LogP contribution is -2.00. The fraction of sp³-hybridized carbons (Fsp3) is 0.385. The topological polar surface area (TPSA) is 57.4 Å². The van der Waals surface area contributed by atoms with Gasteiger partial charge >= 0.3 is 0 Å². The third-order valence-corrected chi connectivity index (χ3v) is 2.29. The molecule has 0 saturated carbocycles. The van der Waals surface area contributed by atoms with Crippen LogP contribution in [0, 0.1) is 13.8 Å². The van der Waals surface area contributed by atoms with Crippen molar-refractivity contribution in [1.29, 1.82) is 0 Å². The van der Waals surface area contributed by atoms with Crippen molar-refractivity contribution in [3.8, 4) is 17.2 Å². The monoisotopic (exact) mass is 250 g/mol. The van der Waals surface area contributed by atoms with Crippen molar-refractivity contribution in [2.45, 2.75) is 21.3 Å². The van der Waals surface area contributed by atoms with Crippen molar-refractivity contribution < 1.29 is 14.0 Å². The molecule has 0 amide bonds. The maximum Gasteiger partial charge on any atom is 0.258 e. The summed E-state index contributed by atoms with van der Waals surface area (Å²) in [4.78, 5) is 4.17. The van der Waals surface area contributed by atoms with E-state index in [-0.39, 0.29) is 14.2 Å². The lowest BCUT2D eigenvalue weighted by atomic mass is 10.1. The number of nitrogens with zero attached hydrogens (tertiary/aromatic N) is 2. The molecule has 18 heavy (non-hydrogen) atoms. The molecule has 5 heteroatoms. The van der Waals surface area contributed by atoms with Crippen LogP contribution < -0.4 is 4.74 Å². The Morgan fingerprint density at radius 1 is 1.28 bits per heavy atom. The Bertz CT molecular complexity index is 509. The number of benzene rings is 1. The van der Waals surface area contributed by atoms with Crippen LogP contribution in [0.1, 0.15) is 18.8 Å². The zero-order valence-corrected chi connectivity index (χ0v) is 10.1. The van der Waals surface area contributed by atoms with Gasteiger partial charge in [-0.05, 0) is 31.5 Å².